The summed E-state index contributed by atoms with van der Waals surface area (Å²) in [5, 5.41) is 0. The SMILES string of the molecule is Cc1ccc(CN(Cc2ccccc2)C(=O)COc2ccccc2)o1. The van der Waals surface area contributed by atoms with Gasteiger partial charge in [-0.15, -0.1) is 0 Å². The molecule has 1 aromatic heterocycles. The second-order valence-electron chi connectivity index (χ2n) is 5.85. The Hall–Kier alpha value is -3.01. The number of rotatable bonds is 7. The number of hydrogen-bond donors (Lipinski definition) is 0. The molecule has 0 bridgehead atoms. The largest absolute Gasteiger partial charge is 0.484 e. The number of benzene rings is 2. The molecule has 0 saturated carbocycles. The molecule has 0 aliphatic rings. The number of aryl methyl sites for hydroxylation is 1. The van der Waals surface area contributed by atoms with Crippen LogP contribution in [0.15, 0.2) is 77.2 Å². The van der Waals surface area contributed by atoms with E-state index in [1.165, 1.54) is 0 Å². The smallest absolute Gasteiger partial charge is 0.261 e. The Balaban J connectivity index is 1.69. The van der Waals surface area contributed by atoms with Gasteiger partial charge in [-0.1, -0.05) is 48.5 Å². The molecule has 4 heteroatoms. The summed E-state index contributed by atoms with van der Waals surface area (Å²) < 4.78 is 11.2. The van der Waals surface area contributed by atoms with Crippen molar-refractivity contribution < 1.29 is 13.9 Å². The average molecular weight is 335 g/mol. The van der Waals surface area contributed by atoms with Gasteiger partial charge >= 0.3 is 0 Å². The zero-order valence-corrected chi connectivity index (χ0v) is 14.2. The van der Waals surface area contributed by atoms with Gasteiger partial charge in [0.05, 0.1) is 6.54 Å². The van der Waals surface area contributed by atoms with Crippen molar-refractivity contribution in [3.8, 4) is 5.75 Å². The first kappa shape index (κ1) is 16.8. The fraction of sp³-hybridized carbons (Fsp3) is 0.190. The highest BCUT2D eigenvalue weighted by molar-refractivity contribution is 5.77. The van der Waals surface area contributed by atoms with E-state index in [2.05, 4.69) is 0 Å². The molecular formula is C21H21NO3. The van der Waals surface area contributed by atoms with Gasteiger partial charge in [0.25, 0.3) is 5.91 Å². The van der Waals surface area contributed by atoms with Crippen molar-refractivity contribution in [2.45, 2.75) is 20.0 Å². The average Bonchev–Trinajstić information content (AvgIpc) is 3.06. The second kappa shape index (κ2) is 8.20. The molecule has 0 spiro atoms. The summed E-state index contributed by atoms with van der Waals surface area (Å²) in [7, 11) is 0. The summed E-state index contributed by atoms with van der Waals surface area (Å²) in [6.07, 6.45) is 0. The number of nitrogens with zero attached hydrogens (tertiary/aromatic N) is 1. The molecule has 0 atom stereocenters. The quantitative estimate of drug-likeness (QED) is 0.650. The third kappa shape index (κ3) is 4.98. The Morgan fingerprint density at radius 1 is 0.920 bits per heavy atom. The van der Waals surface area contributed by atoms with Crippen molar-refractivity contribution in [3.63, 3.8) is 0 Å². The van der Waals surface area contributed by atoms with Gasteiger partial charge in [0, 0.05) is 6.54 Å². The summed E-state index contributed by atoms with van der Waals surface area (Å²) in [5.74, 6) is 2.20. The second-order valence-corrected chi connectivity index (χ2v) is 5.85. The van der Waals surface area contributed by atoms with Crippen LogP contribution in [-0.4, -0.2) is 17.4 Å². The van der Waals surface area contributed by atoms with Gasteiger partial charge in [-0.05, 0) is 36.8 Å². The lowest BCUT2D eigenvalue weighted by Crippen LogP contribution is -2.34. The van der Waals surface area contributed by atoms with E-state index in [-0.39, 0.29) is 12.5 Å². The number of ether oxygens (including phenoxy) is 1. The van der Waals surface area contributed by atoms with Crippen molar-refractivity contribution in [3.05, 3.63) is 89.9 Å². The van der Waals surface area contributed by atoms with Crippen LogP contribution in [0.2, 0.25) is 0 Å². The topological polar surface area (TPSA) is 42.7 Å². The minimum absolute atomic E-state index is 0.00343. The molecule has 1 amide bonds. The van der Waals surface area contributed by atoms with Crippen LogP contribution < -0.4 is 4.74 Å². The van der Waals surface area contributed by atoms with Crippen LogP contribution in [0, 0.1) is 6.92 Å². The van der Waals surface area contributed by atoms with E-state index in [1.54, 1.807) is 4.90 Å². The van der Waals surface area contributed by atoms with E-state index in [4.69, 9.17) is 9.15 Å². The Morgan fingerprint density at radius 2 is 1.60 bits per heavy atom. The molecule has 25 heavy (non-hydrogen) atoms. The highest BCUT2D eigenvalue weighted by Gasteiger charge is 2.17. The maximum Gasteiger partial charge on any atom is 0.261 e. The fourth-order valence-electron chi connectivity index (χ4n) is 2.55. The Labute approximate surface area is 147 Å². The van der Waals surface area contributed by atoms with Gasteiger partial charge in [0.1, 0.15) is 17.3 Å². The normalized spacial score (nSPS) is 10.4. The Morgan fingerprint density at radius 3 is 2.24 bits per heavy atom. The molecule has 0 unspecified atom stereocenters. The zero-order chi connectivity index (χ0) is 17.5. The lowest BCUT2D eigenvalue weighted by Gasteiger charge is -2.22. The molecule has 0 radical (unpaired) electrons. The van der Waals surface area contributed by atoms with Crippen LogP contribution in [0.5, 0.6) is 5.75 Å². The van der Waals surface area contributed by atoms with E-state index < -0.39 is 0 Å². The molecule has 3 rings (SSSR count). The molecular weight excluding hydrogens is 314 g/mol. The summed E-state index contributed by atoms with van der Waals surface area (Å²) in [5.41, 5.74) is 1.07. The van der Waals surface area contributed by atoms with Crippen molar-refractivity contribution in [2.75, 3.05) is 6.61 Å². The Bertz CT molecular complexity index is 796. The standard InChI is InChI=1S/C21H21NO3/c1-17-12-13-20(25-17)15-22(14-18-8-4-2-5-9-18)21(23)16-24-19-10-6-3-7-11-19/h2-13H,14-16H2,1H3. The van der Waals surface area contributed by atoms with Crippen LogP contribution in [0.1, 0.15) is 17.1 Å². The highest BCUT2D eigenvalue weighted by Crippen LogP contribution is 2.14. The fourth-order valence-corrected chi connectivity index (χ4v) is 2.55. The molecule has 0 saturated heterocycles. The van der Waals surface area contributed by atoms with Crippen molar-refractivity contribution in [1.29, 1.82) is 0 Å². The minimum atomic E-state index is -0.0817. The molecule has 128 valence electrons. The van der Waals surface area contributed by atoms with Crippen molar-refractivity contribution in [1.82, 2.24) is 4.90 Å². The lowest BCUT2D eigenvalue weighted by molar-refractivity contribution is -0.134. The van der Waals surface area contributed by atoms with E-state index >= 15 is 0 Å². The first-order chi connectivity index (χ1) is 12.2. The van der Waals surface area contributed by atoms with E-state index in [0.717, 1.165) is 17.1 Å². The molecule has 0 aliphatic heterocycles. The van der Waals surface area contributed by atoms with Gasteiger partial charge in [0.15, 0.2) is 6.61 Å². The number of carbonyl (C=O) groups excluding carboxylic acids is 1. The predicted molar refractivity (Wildman–Crippen MR) is 96.1 cm³/mol. The molecule has 0 fully saturated rings. The monoisotopic (exact) mass is 335 g/mol. The third-order valence-electron chi connectivity index (χ3n) is 3.82. The van der Waals surface area contributed by atoms with Crippen LogP contribution in [0.4, 0.5) is 0 Å². The Kier molecular flexibility index (Phi) is 5.52. The number of furan rings is 1. The zero-order valence-electron chi connectivity index (χ0n) is 14.2. The maximum atomic E-state index is 12.7. The van der Waals surface area contributed by atoms with Gasteiger partial charge in [0.2, 0.25) is 0 Å². The number of amides is 1. The van der Waals surface area contributed by atoms with Crippen LogP contribution in [0.3, 0.4) is 0 Å². The highest BCUT2D eigenvalue weighted by atomic mass is 16.5. The van der Waals surface area contributed by atoms with Gasteiger partial charge in [-0.2, -0.15) is 0 Å². The number of hydrogen-bond acceptors (Lipinski definition) is 3. The predicted octanol–water partition coefficient (Wildman–Crippen LogP) is 4.20. The molecule has 2 aromatic carbocycles. The first-order valence-electron chi connectivity index (χ1n) is 8.25. The van der Waals surface area contributed by atoms with Gasteiger partial charge in [-0.25, -0.2) is 0 Å². The molecule has 0 aliphatic carbocycles. The third-order valence-corrected chi connectivity index (χ3v) is 3.82. The maximum absolute atomic E-state index is 12.7. The summed E-state index contributed by atoms with van der Waals surface area (Å²) in [6.45, 7) is 2.82. The first-order valence-corrected chi connectivity index (χ1v) is 8.25. The summed E-state index contributed by atoms with van der Waals surface area (Å²) >= 11 is 0. The van der Waals surface area contributed by atoms with Gasteiger partial charge < -0.3 is 14.1 Å². The number of carbonyl (C=O) groups is 1. The van der Waals surface area contributed by atoms with E-state index in [9.17, 15) is 4.79 Å². The number of para-hydroxylation sites is 1. The van der Waals surface area contributed by atoms with Crippen molar-refractivity contribution >= 4 is 5.91 Å². The van der Waals surface area contributed by atoms with E-state index in [1.807, 2.05) is 79.7 Å². The lowest BCUT2D eigenvalue weighted by atomic mass is 10.2. The van der Waals surface area contributed by atoms with Gasteiger partial charge in [-0.3, -0.25) is 4.79 Å². The van der Waals surface area contributed by atoms with Crippen LogP contribution in [-0.2, 0) is 17.9 Å². The van der Waals surface area contributed by atoms with Crippen LogP contribution >= 0.6 is 0 Å². The minimum Gasteiger partial charge on any atom is -0.484 e. The molecule has 3 aromatic rings. The summed E-state index contributed by atoms with van der Waals surface area (Å²) in [6, 6.07) is 23.1. The summed E-state index contributed by atoms with van der Waals surface area (Å²) in [4.78, 5) is 14.4. The van der Waals surface area contributed by atoms with Crippen LogP contribution in [0.25, 0.3) is 0 Å². The van der Waals surface area contributed by atoms with E-state index in [0.29, 0.717) is 18.8 Å². The molecule has 0 N–H and O–H groups in total. The molecule has 4 nitrogen and oxygen atoms in total. The molecule has 1 heterocycles. The van der Waals surface area contributed by atoms with Crippen molar-refractivity contribution in [2.24, 2.45) is 0 Å².